The fraction of sp³-hybridized carbons (Fsp3) is 0.200. The molecule has 0 aliphatic rings. The Kier molecular flexibility index (Phi) is 3.25. The number of rotatable bonds is 4. The van der Waals surface area contributed by atoms with Gasteiger partial charge < -0.3 is 14.4 Å². The predicted octanol–water partition coefficient (Wildman–Crippen LogP) is 3.07. The Morgan fingerprint density at radius 2 is 1.95 bits per heavy atom. The molecule has 0 spiro atoms. The van der Waals surface area contributed by atoms with Gasteiger partial charge in [0.15, 0.2) is 23.9 Å². The lowest BCUT2D eigenvalue weighted by molar-refractivity contribution is 0.235. The van der Waals surface area contributed by atoms with Crippen LogP contribution in [0.25, 0.3) is 10.8 Å². The van der Waals surface area contributed by atoms with Crippen molar-refractivity contribution in [3.8, 4) is 11.5 Å². The van der Waals surface area contributed by atoms with Crippen molar-refractivity contribution in [2.24, 2.45) is 0 Å². The molecule has 5 heteroatoms. The third-order valence-electron chi connectivity index (χ3n) is 3.00. The minimum absolute atomic E-state index is 0.0962. The molecule has 0 fully saturated rings. The molecule has 0 bridgehead atoms. The van der Waals surface area contributed by atoms with Crippen LogP contribution < -0.4 is 4.74 Å². The number of benzene rings is 2. The van der Waals surface area contributed by atoms with E-state index in [1.54, 1.807) is 12.1 Å². The largest absolute Gasteiger partial charge is 0.504 e. The number of phenols is 1. The van der Waals surface area contributed by atoms with Gasteiger partial charge in [0.1, 0.15) is 0 Å². The summed E-state index contributed by atoms with van der Waals surface area (Å²) in [7, 11) is 0. The van der Waals surface area contributed by atoms with Crippen LogP contribution in [0.1, 0.15) is 18.6 Å². The van der Waals surface area contributed by atoms with Crippen molar-refractivity contribution in [1.29, 1.82) is 0 Å². The minimum atomic E-state index is 0.0962. The molecule has 0 saturated heterocycles. The number of hydrogen-bond donors (Lipinski definition) is 1. The van der Waals surface area contributed by atoms with E-state index in [1.165, 1.54) is 0 Å². The summed E-state index contributed by atoms with van der Waals surface area (Å²) in [5.41, 5.74) is 0. The third kappa shape index (κ3) is 2.42. The van der Waals surface area contributed by atoms with Crippen LogP contribution in [0.2, 0.25) is 0 Å². The molecule has 1 heterocycles. The van der Waals surface area contributed by atoms with E-state index in [0.29, 0.717) is 23.9 Å². The second-order valence-electron chi connectivity index (χ2n) is 4.41. The van der Waals surface area contributed by atoms with Gasteiger partial charge in [-0.2, -0.15) is 4.98 Å². The standard InChI is InChI=1S/C15H14N2O3/c1-2-14-16-15(20-17-14)9-19-13-8-11-6-4-3-5-10(11)7-12(13)18/h3-8,18H,2,9H2,1H3. The summed E-state index contributed by atoms with van der Waals surface area (Å²) in [6.07, 6.45) is 0.713. The lowest BCUT2D eigenvalue weighted by Gasteiger charge is -2.07. The highest BCUT2D eigenvalue weighted by atomic mass is 16.5. The Balaban J connectivity index is 1.81. The van der Waals surface area contributed by atoms with E-state index in [1.807, 2.05) is 31.2 Å². The van der Waals surface area contributed by atoms with Gasteiger partial charge >= 0.3 is 0 Å². The van der Waals surface area contributed by atoms with Crippen molar-refractivity contribution in [2.75, 3.05) is 0 Å². The van der Waals surface area contributed by atoms with E-state index in [-0.39, 0.29) is 12.4 Å². The summed E-state index contributed by atoms with van der Waals surface area (Å²) in [6, 6.07) is 11.2. The Morgan fingerprint density at radius 1 is 1.20 bits per heavy atom. The lowest BCUT2D eigenvalue weighted by Crippen LogP contribution is -1.96. The van der Waals surface area contributed by atoms with Crippen molar-refractivity contribution in [3.05, 3.63) is 48.1 Å². The molecule has 3 rings (SSSR count). The first-order valence-corrected chi connectivity index (χ1v) is 6.42. The van der Waals surface area contributed by atoms with Crippen LogP contribution in [0, 0.1) is 0 Å². The molecule has 0 saturated carbocycles. The van der Waals surface area contributed by atoms with Crippen LogP contribution in [-0.4, -0.2) is 15.2 Å². The van der Waals surface area contributed by atoms with Crippen LogP contribution in [0.4, 0.5) is 0 Å². The second kappa shape index (κ2) is 5.21. The van der Waals surface area contributed by atoms with E-state index in [4.69, 9.17) is 9.26 Å². The molecule has 0 radical (unpaired) electrons. The zero-order valence-corrected chi connectivity index (χ0v) is 11.0. The molecule has 2 aromatic carbocycles. The number of ether oxygens (including phenoxy) is 1. The number of nitrogens with zero attached hydrogens (tertiary/aromatic N) is 2. The maximum absolute atomic E-state index is 9.95. The molecule has 0 atom stereocenters. The molecule has 3 aromatic rings. The van der Waals surface area contributed by atoms with Gasteiger partial charge in [-0.3, -0.25) is 0 Å². The average molecular weight is 270 g/mol. The summed E-state index contributed by atoms with van der Waals surface area (Å²) in [4.78, 5) is 4.15. The number of phenolic OH excluding ortho intramolecular Hbond substituents is 1. The van der Waals surface area contributed by atoms with E-state index < -0.39 is 0 Å². The van der Waals surface area contributed by atoms with Crippen molar-refractivity contribution in [1.82, 2.24) is 10.1 Å². The molecule has 5 nitrogen and oxygen atoms in total. The molecular weight excluding hydrogens is 256 g/mol. The van der Waals surface area contributed by atoms with Crippen molar-refractivity contribution >= 4 is 10.8 Å². The van der Waals surface area contributed by atoms with Crippen LogP contribution in [0.5, 0.6) is 11.5 Å². The zero-order valence-electron chi connectivity index (χ0n) is 11.0. The van der Waals surface area contributed by atoms with Crippen molar-refractivity contribution in [3.63, 3.8) is 0 Å². The summed E-state index contributed by atoms with van der Waals surface area (Å²) < 4.78 is 10.6. The van der Waals surface area contributed by atoms with Gasteiger partial charge in [-0.05, 0) is 22.9 Å². The summed E-state index contributed by atoms with van der Waals surface area (Å²) in [6.45, 7) is 2.09. The number of aryl methyl sites for hydroxylation is 1. The fourth-order valence-corrected chi connectivity index (χ4v) is 1.95. The maximum atomic E-state index is 9.95. The van der Waals surface area contributed by atoms with Gasteiger partial charge in [0.05, 0.1) is 0 Å². The summed E-state index contributed by atoms with van der Waals surface area (Å²) in [5, 5.41) is 15.7. The van der Waals surface area contributed by atoms with Gasteiger partial charge in [0, 0.05) is 6.42 Å². The van der Waals surface area contributed by atoms with Crippen LogP contribution >= 0.6 is 0 Å². The van der Waals surface area contributed by atoms with Gasteiger partial charge in [0.2, 0.25) is 0 Å². The zero-order chi connectivity index (χ0) is 13.9. The molecule has 0 aliphatic carbocycles. The Labute approximate surface area is 115 Å². The third-order valence-corrected chi connectivity index (χ3v) is 3.00. The van der Waals surface area contributed by atoms with Crippen LogP contribution in [-0.2, 0) is 13.0 Å². The van der Waals surface area contributed by atoms with E-state index in [0.717, 1.165) is 10.8 Å². The average Bonchev–Trinajstić information content (AvgIpc) is 2.93. The van der Waals surface area contributed by atoms with Crippen molar-refractivity contribution in [2.45, 2.75) is 20.0 Å². The lowest BCUT2D eigenvalue weighted by atomic mass is 10.1. The van der Waals surface area contributed by atoms with Gasteiger partial charge in [-0.15, -0.1) is 0 Å². The van der Waals surface area contributed by atoms with Crippen LogP contribution in [0.3, 0.4) is 0 Å². The predicted molar refractivity (Wildman–Crippen MR) is 73.6 cm³/mol. The van der Waals surface area contributed by atoms with E-state index in [2.05, 4.69) is 10.1 Å². The first-order valence-electron chi connectivity index (χ1n) is 6.42. The molecular formula is C15H14N2O3. The van der Waals surface area contributed by atoms with E-state index in [9.17, 15) is 5.11 Å². The smallest absolute Gasteiger partial charge is 0.264 e. The maximum Gasteiger partial charge on any atom is 0.264 e. The first-order chi connectivity index (χ1) is 9.76. The summed E-state index contributed by atoms with van der Waals surface area (Å²) >= 11 is 0. The quantitative estimate of drug-likeness (QED) is 0.789. The van der Waals surface area contributed by atoms with Crippen LogP contribution in [0.15, 0.2) is 40.9 Å². The molecule has 20 heavy (non-hydrogen) atoms. The summed E-state index contributed by atoms with van der Waals surface area (Å²) in [5.74, 6) is 1.54. The fourth-order valence-electron chi connectivity index (χ4n) is 1.95. The highest BCUT2D eigenvalue weighted by Crippen LogP contribution is 2.31. The molecule has 0 aliphatic heterocycles. The Bertz CT molecular complexity index is 737. The van der Waals surface area contributed by atoms with Crippen molar-refractivity contribution < 1.29 is 14.4 Å². The molecule has 0 unspecified atom stereocenters. The second-order valence-corrected chi connectivity index (χ2v) is 4.41. The number of fused-ring (bicyclic) bond motifs is 1. The SMILES string of the molecule is CCc1noc(COc2cc3ccccc3cc2O)n1. The molecule has 0 amide bonds. The number of aromatic hydroxyl groups is 1. The number of aromatic nitrogens is 2. The number of hydrogen-bond acceptors (Lipinski definition) is 5. The van der Waals surface area contributed by atoms with Gasteiger partial charge in [0.25, 0.3) is 5.89 Å². The molecule has 102 valence electrons. The topological polar surface area (TPSA) is 68.4 Å². The van der Waals surface area contributed by atoms with Gasteiger partial charge in [-0.25, -0.2) is 0 Å². The normalized spacial score (nSPS) is 10.8. The highest BCUT2D eigenvalue weighted by molar-refractivity contribution is 5.85. The van der Waals surface area contributed by atoms with E-state index >= 15 is 0 Å². The minimum Gasteiger partial charge on any atom is -0.504 e. The Morgan fingerprint density at radius 3 is 2.65 bits per heavy atom. The van der Waals surface area contributed by atoms with Gasteiger partial charge in [-0.1, -0.05) is 36.3 Å². The molecule has 1 N–H and O–H groups in total. The molecule has 1 aromatic heterocycles. The first kappa shape index (κ1) is 12.5. The highest BCUT2D eigenvalue weighted by Gasteiger charge is 2.09. The monoisotopic (exact) mass is 270 g/mol. The Hall–Kier alpha value is -2.56.